The molecule has 108 valence electrons. The molecule has 0 aliphatic heterocycles. The lowest BCUT2D eigenvalue weighted by Crippen LogP contribution is -2.30. The van der Waals surface area contributed by atoms with E-state index >= 15 is 0 Å². The van der Waals surface area contributed by atoms with E-state index in [9.17, 15) is 17.2 Å². The first-order valence-corrected chi connectivity index (χ1v) is 7.40. The summed E-state index contributed by atoms with van der Waals surface area (Å²) in [6, 6.07) is 6.54. The third kappa shape index (κ3) is 5.22. The minimum atomic E-state index is -3.90. The standard InChI is InChI=1S/C12H18F2N2O2S/c1-9(2)15-7-10-5-3-4-6-11(10)19(17,18)16-8-12(13)14/h3-6,9,12,15-16H,7-8H2,1-2H3. The van der Waals surface area contributed by atoms with E-state index in [2.05, 4.69) is 5.32 Å². The van der Waals surface area contributed by atoms with E-state index in [1.807, 2.05) is 18.6 Å². The summed E-state index contributed by atoms with van der Waals surface area (Å²) in [6.45, 7) is 3.36. The molecule has 1 aromatic rings. The third-order valence-corrected chi connectivity index (χ3v) is 3.91. The normalized spacial score (nSPS) is 12.3. The van der Waals surface area contributed by atoms with Gasteiger partial charge in [0.1, 0.15) is 0 Å². The van der Waals surface area contributed by atoms with Gasteiger partial charge in [0.15, 0.2) is 0 Å². The summed E-state index contributed by atoms with van der Waals surface area (Å²) in [6.07, 6.45) is -2.71. The highest BCUT2D eigenvalue weighted by atomic mass is 32.2. The van der Waals surface area contributed by atoms with Crippen molar-refractivity contribution in [2.75, 3.05) is 6.54 Å². The highest BCUT2D eigenvalue weighted by Gasteiger charge is 2.19. The van der Waals surface area contributed by atoms with Gasteiger partial charge in [0, 0.05) is 12.6 Å². The molecular formula is C12H18F2N2O2S. The molecule has 0 aliphatic rings. The summed E-state index contributed by atoms with van der Waals surface area (Å²) in [5.41, 5.74) is 0.554. The minimum absolute atomic E-state index is 0.0313. The van der Waals surface area contributed by atoms with Crippen LogP contribution in [0.15, 0.2) is 29.2 Å². The maximum atomic E-state index is 12.1. The number of halogens is 2. The largest absolute Gasteiger partial charge is 0.310 e. The molecule has 0 spiro atoms. The van der Waals surface area contributed by atoms with Crippen molar-refractivity contribution in [3.63, 3.8) is 0 Å². The highest BCUT2D eigenvalue weighted by Crippen LogP contribution is 2.15. The predicted molar refractivity (Wildman–Crippen MR) is 69.6 cm³/mol. The zero-order chi connectivity index (χ0) is 14.5. The van der Waals surface area contributed by atoms with Crippen LogP contribution in [0.4, 0.5) is 8.78 Å². The third-order valence-electron chi connectivity index (χ3n) is 2.39. The van der Waals surface area contributed by atoms with Crippen LogP contribution >= 0.6 is 0 Å². The smallest absolute Gasteiger partial charge is 0.251 e. The molecule has 0 bridgehead atoms. The van der Waals surface area contributed by atoms with Crippen LogP contribution in [0, 0.1) is 0 Å². The lowest BCUT2D eigenvalue weighted by atomic mass is 10.2. The molecule has 7 heteroatoms. The van der Waals surface area contributed by atoms with E-state index in [0.717, 1.165) is 0 Å². The van der Waals surface area contributed by atoms with Crippen LogP contribution in [-0.4, -0.2) is 27.4 Å². The van der Waals surface area contributed by atoms with E-state index in [-0.39, 0.29) is 10.9 Å². The zero-order valence-corrected chi connectivity index (χ0v) is 11.7. The van der Waals surface area contributed by atoms with Gasteiger partial charge in [-0.1, -0.05) is 32.0 Å². The number of sulfonamides is 1. The van der Waals surface area contributed by atoms with Crippen LogP contribution in [0.25, 0.3) is 0 Å². The van der Waals surface area contributed by atoms with Crippen molar-refractivity contribution in [3.05, 3.63) is 29.8 Å². The molecule has 0 aliphatic carbocycles. The number of benzene rings is 1. The molecule has 0 heterocycles. The van der Waals surface area contributed by atoms with E-state index in [0.29, 0.717) is 12.1 Å². The molecule has 0 amide bonds. The number of hydrogen-bond donors (Lipinski definition) is 2. The molecular weight excluding hydrogens is 274 g/mol. The molecule has 1 rings (SSSR count). The van der Waals surface area contributed by atoms with Crippen molar-refractivity contribution in [1.82, 2.24) is 10.0 Å². The molecule has 0 saturated carbocycles. The fourth-order valence-electron chi connectivity index (χ4n) is 1.48. The van der Waals surface area contributed by atoms with E-state index in [1.165, 1.54) is 6.07 Å². The van der Waals surface area contributed by atoms with Gasteiger partial charge < -0.3 is 5.32 Å². The fraction of sp³-hybridized carbons (Fsp3) is 0.500. The van der Waals surface area contributed by atoms with Crippen LogP contribution in [0.2, 0.25) is 0 Å². The van der Waals surface area contributed by atoms with Gasteiger partial charge in [0.05, 0.1) is 11.4 Å². The van der Waals surface area contributed by atoms with Crippen LogP contribution in [0.1, 0.15) is 19.4 Å². The number of rotatable bonds is 7. The number of alkyl halides is 2. The van der Waals surface area contributed by atoms with Gasteiger partial charge in [-0.25, -0.2) is 21.9 Å². The molecule has 0 aromatic heterocycles. The summed E-state index contributed by atoms with van der Waals surface area (Å²) in [5, 5.41) is 3.10. The second-order valence-electron chi connectivity index (χ2n) is 4.39. The summed E-state index contributed by atoms with van der Waals surface area (Å²) in [5.74, 6) is 0. The lowest BCUT2D eigenvalue weighted by molar-refractivity contribution is 0.153. The molecule has 0 fully saturated rings. The summed E-state index contributed by atoms with van der Waals surface area (Å²) in [7, 11) is -3.90. The Balaban J connectivity index is 2.92. The predicted octanol–water partition coefficient (Wildman–Crippen LogP) is 1.73. The Morgan fingerprint density at radius 1 is 1.21 bits per heavy atom. The van der Waals surface area contributed by atoms with Crippen molar-refractivity contribution in [2.24, 2.45) is 0 Å². The quantitative estimate of drug-likeness (QED) is 0.804. The molecule has 2 N–H and O–H groups in total. The monoisotopic (exact) mass is 292 g/mol. The van der Waals surface area contributed by atoms with Crippen molar-refractivity contribution >= 4 is 10.0 Å². The first-order valence-electron chi connectivity index (χ1n) is 5.92. The van der Waals surface area contributed by atoms with Crippen LogP contribution in [0.3, 0.4) is 0 Å². The van der Waals surface area contributed by atoms with Gasteiger partial charge in [-0.05, 0) is 11.6 Å². The Labute approximate surface area is 112 Å². The van der Waals surface area contributed by atoms with Gasteiger partial charge in [-0.3, -0.25) is 0 Å². The van der Waals surface area contributed by atoms with E-state index < -0.39 is 23.0 Å². The second kappa shape index (κ2) is 6.93. The first kappa shape index (κ1) is 16.0. The SMILES string of the molecule is CC(C)NCc1ccccc1S(=O)(=O)NCC(F)F. The molecule has 4 nitrogen and oxygen atoms in total. The molecule has 0 saturated heterocycles. The average Bonchev–Trinajstić information content (AvgIpc) is 2.34. The van der Waals surface area contributed by atoms with E-state index in [1.54, 1.807) is 18.2 Å². The molecule has 0 unspecified atom stereocenters. The Kier molecular flexibility index (Phi) is 5.84. The molecule has 0 atom stereocenters. The topological polar surface area (TPSA) is 58.2 Å². The fourth-order valence-corrected chi connectivity index (χ4v) is 2.72. The van der Waals surface area contributed by atoms with Gasteiger partial charge in [0.2, 0.25) is 10.0 Å². The Morgan fingerprint density at radius 2 is 1.84 bits per heavy atom. The molecule has 19 heavy (non-hydrogen) atoms. The molecule has 0 radical (unpaired) electrons. The minimum Gasteiger partial charge on any atom is -0.310 e. The number of nitrogens with one attached hydrogen (secondary N) is 2. The number of hydrogen-bond acceptors (Lipinski definition) is 3. The van der Waals surface area contributed by atoms with Crippen LogP contribution in [0.5, 0.6) is 0 Å². The lowest BCUT2D eigenvalue weighted by Gasteiger charge is -2.13. The summed E-state index contributed by atoms with van der Waals surface area (Å²) >= 11 is 0. The van der Waals surface area contributed by atoms with Gasteiger partial charge in [-0.2, -0.15) is 0 Å². The maximum Gasteiger partial charge on any atom is 0.251 e. The first-order chi connectivity index (χ1) is 8.83. The van der Waals surface area contributed by atoms with Gasteiger partial charge in [0.25, 0.3) is 6.43 Å². The van der Waals surface area contributed by atoms with Crippen LogP contribution < -0.4 is 10.0 Å². The second-order valence-corrected chi connectivity index (χ2v) is 6.12. The zero-order valence-electron chi connectivity index (χ0n) is 10.9. The Bertz CT molecular complexity index is 504. The van der Waals surface area contributed by atoms with E-state index in [4.69, 9.17) is 0 Å². The van der Waals surface area contributed by atoms with Crippen LogP contribution in [-0.2, 0) is 16.6 Å². The Morgan fingerprint density at radius 3 is 2.42 bits per heavy atom. The molecule has 1 aromatic carbocycles. The highest BCUT2D eigenvalue weighted by molar-refractivity contribution is 7.89. The maximum absolute atomic E-state index is 12.1. The van der Waals surface area contributed by atoms with Crippen molar-refractivity contribution in [3.8, 4) is 0 Å². The average molecular weight is 292 g/mol. The van der Waals surface area contributed by atoms with Gasteiger partial charge >= 0.3 is 0 Å². The summed E-state index contributed by atoms with van der Waals surface area (Å²) in [4.78, 5) is 0.0313. The summed E-state index contributed by atoms with van der Waals surface area (Å²) < 4.78 is 49.9. The van der Waals surface area contributed by atoms with Crippen molar-refractivity contribution in [2.45, 2.75) is 37.8 Å². The van der Waals surface area contributed by atoms with Crippen molar-refractivity contribution < 1.29 is 17.2 Å². The van der Waals surface area contributed by atoms with Crippen molar-refractivity contribution in [1.29, 1.82) is 0 Å². The Hall–Kier alpha value is -1.05. The van der Waals surface area contributed by atoms with Gasteiger partial charge in [-0.15, -0.1) is 0 Å².